The van der Waals surface area contributed by atoms with E-state index in [0.29, 0.717) is 25.3 Å². The Morgan fingerprint density at radius 1 is 1.35 bits per heavy atom. The van der Waals surface area contributed by atoms with Crippen molar-refractivity contribution in [1.29, 1.82) is 0 Å². The maximum Gasteiger partial charge on any atom is 0.322 e. The van der Waals surface area contributed by atoms with Gasteiger partial charge in [-0.2, -0.15) is 0 Å². The molecule has 108 valence electrons. The average Bonchev–Trinajstić information content (AvgIpc) is 3.09. The molecular formula is C12H17N5O3. The highest BCUT2D eigenvalue weighted by molar-refractivity contribution is 5.92. The van der Waals surface area contributed by atoms with Gasteiger partial charge in [-0.05, 0) is 25.8 Å². The van der Waals surface area contributed by atoms with Crippen molar-refractivity contribution in [1.82, 2.24) is 20.8 Å². The summed E-state index contributed by atoms with van der Waals surface area (Å²) in [6.07, 6.45) is 2.96. The number of nitrogens with zero attached hydrogens (tertiary/aromatic N) is 2. The summed E-state index contributed by atoms with van der Waals surface area (Å²) < 4.78 is 5.45. The quantitative estimate of drug-likeness (QED) is 0.716. The van der Waals surface area contributed by atoms with E-state index in [4.69, 9.17) is 4.42 Å². The summed E-state index contributed by atoms with van der Waals surface area (Å²) in [5, 5.41) is 16.3. The van der Waals surface area contributed by atoms with Gasteiger partial charge in [0.05, 0.1) is 12.0 Å². The van der Waals surface area contributed by atoms with Gasteiger partial charge in [0.1, 0.15) is 0 Å². The van der Waals surface area contributed by atoms with E-state index >= 15 is 0 Å². The van der Waals surface area contributed by atoms with Gasteiger partial charge in [0.15, 0.2) is 0 Å². The highest BCUT2D eigenvalue weighted by atomic mass is 16.4. The summed E-state index contributed by atoms with van der Waals surface area (Å²) in [5.41, 5.74) is 0. The molecule has 0 aliphatic carbocycles. The highest BCUT2D eigenvalue weighted by Gasteiger charge is 2.27. The van der Waals surface area contributed by atoms with Gasteiger partial charge in [-0.25, -0.2) is 0 Å². The van der Waals surface area contributed by atoms with E-state index in [1.165, 1.54) is 0 Å². The Kier molecular flexibility index (Phi) is 3.64. The van der Waals surface area contributed by atoms with Crippen LogP contribution in [0, 0.1) is 5.92 Å². The van der Waals surface area contributed by atoms with Crippen molar-refractivity contribution >= 4 is 17.8 Å². The lowest BCUT2D eigenvalue weighted by molar-refractivity contribution is -0.126. The zero-order valence-electron chi connectivity index (χ0n) is 11.0. The summed E-state index contributed by atoms with van der Waals surface area (Å²) in [5.74, 6) is 0.0587. The molecule has 2 aliphatic heterocycles. The van der Waals surface area contributed by atoms with Gasteiger partial charge in [-0.15, -0.1) is 5.10 Å². The molecule has 20 heavy (non-hydrogen) atoms. The van der Waals surface area contributed by atoms with Gasteiger partial charge >= 0.3 is 6.01 Å². The lowest BCUT2D eigenvalue weighted by Gasteiger charge is -2.20. The molecule has 8 heteroatoms. The third kappa shape index (κ3) is 2.79. The first-order valence-corrected chi connectivity index (χ1v) is 6.87. The van der Waals surface area contributed by atoms with Crippen LogP contribution in [0.4, 0.5) is 6.01 Å². The number of rotatable bonds is 3. The predicted molar refractivity (Wildman–Crippen MR) is 68.6 cm³/mol. The van der Waals surface area contributed by atoms with Crippen LogP contribution in [0.2, 0.25) is 0 Å². The molecule has 2 atom stereocenters. The third-order valence-corrected chi connectivity index (χ3v) is 3.67. The van der Waals surface area contributed by atoms with Crippen LogP contribution in [-0.4, -0.2) is 35.1 Å². The van der Waals surface area contributed by atoms with Crippen LogP contribution in [-0.2, 0) is 9.59 Å². The molecule has 2 amide bonds. The smallest absolute Gasteiger partial charge is 0.322 e. The van der Waals surface area contributed by atoms with Gasteiger partial charge in [0.2, 0.25) is 17.7 Å². The normalized spacial score (nSPS) is 26.3. The predicted octanol–water partition coefficient (Wildman–Crippen LogP) is -0.0412. The maximum absolute atomic E-state index is 12.0. The maximum atomic E-state index is 12.0. The molecule has 2 unspecified atom stereocenters. The van der Waals surface area contributed by atoms with E-state index in [9.17, 15) is 9.59 Å². The van der Waals surface area contributed by atoms with Crippen molar-refractivity contribution in [2.45, 2.75) is 31.7 Å². The van der Waals surface area contributed by atoms with Crippen molar-refractivity contribution in [2.75, 3.05) is 18.4 Å². The molecule has 0 radical (unpaired) electrons. The summed E-state index contributed by atoms with van der Waals surface area (Å²) >= 11 is 0. The van der Waals surface area contributed by atoms with Crippen molar-refractivity contribution in [3.63, 3.8) is 0 Å². The van der Waals surface area contributed by atoms with Crippen LogP contribution < -0.4 is 16.0 Å². The Morgan fingerprint density at radius 2 is 2.25 bits per heavy atom. The van der Waals surface area contributed by atoms with Crippen molar-refractivity contribution in [2.24, 2.45) is 5.92 Å². The Morgan fingerprint density at radius 3 is 2.95 bits per heavy atom. The van der Waals surface area contributed by atoms with E-state index in [0.717, 1.165) is 19.4 Å². The number of hydrogen-bond acceptors (Lipinski definition) is 6. The SMILES string of the molecule is O=C1CCC(C(=O)Nc2nnc(C3CCCN3)o2)CN1. The second-order valence-electron chi connectivity index (χ2n) is 5.12. The molecule has 0 bridgehead atoms. The molecule has 3 heterocycles. The lowest BCUT2D eigenvalue weighted by Crippen LogP contribution is -2.40. The van der Waals surface area contributed by atoms with Crippen molar-refractivity contribution in [3.05, 3.63) is 5.89 Å². The van der Waals surface area contributed by atoms with Crippen molar-refractivity contribution < 1.29 is 14.0 Å². The Hall–Kier alpha value is -1.96. The number of anilines is 1. The number of carbonyl (C=O) groups excluding carboxylic acids is 2. The minimum Gasteiger partial charge on any atom is -0.406 e. The van der Waals surface area contributed by atoms with Crippen LogP contribution >= 0.6 is 0 Å². The first kappa shape index (κ1) is 13.0. The lowest BCUT2D eigenvalue weighted by atomic mass is 9.98. The molecule has 0 spiro atoms. The second-order valence-corrected chi connectivity index (χ2v) is 5.12. The highest BCUT2D eigenvalue weighted by Crippen LogP contribution is 2.23. The van der Waals surface area contributed by atoms with E-state index in [1.807, 2.05) is 0 Å². The van der Waals surface area contributed by atoms with Crippen LogP contribution in [0.15, 0.2) is 4.42 Å². The fourth-order valence-electron chi connectivity index (χ4n) is 2.49. The zero-order chi connectivity index (χ0) is 13.9. The number of piperidine rings is 1. The summed E-state index contributed by atoms with van der Waals surface area (Å²) in [6.45, 7) is 1.30. The Balaban J connectivity index is 1.57. The fourth-order valence-corrected chi connectivity index (χ4v) is 2.49. The molecule has 2 saturated heterocycles. The zero-order valence-corrected chi connectivity index (χ0v) is 11.0. The van der Waals surface area contributed by atoms with Crippen LogP contribution in [0.25, 0.3) is 0 Å². The number of carbonyl (C=O) groups is 2. The number of nitrogens with one attached hydrogen (secondary N) is 3. The molecule has 0 saturated carbocycles. The molecule has 2 fully saturated rings. The second kappa shape index (κ2) is 5.58. The summed E-state index contributed by atoms with van der Waals surface area (Å²) in [7, 11) is 0. The first-order chi connectivity index (χ1) is 9.72. The van der Waals surface area contributed by atoms with E-state index in [-0.39, 0.29) is 29.8 Å². The largest absolute Gasteiger partial charge is 0.406 e. The third-order valence-electron chi connectivity index (χ3n) is 3.67. The molecular weight excluding hydrogens is 262 g/mol. The molecule has 0 aromatic carbocycles. The Bertz CT molecular complexity index is 499. The number of aromatic nitrogens is 2. The van der Waals surface area contributed by atoms with E-state index < -0.39 is 0 Å². The standard InChI is InChI=1S/C12H17N5O3/c18-9-4-3-7(6-14-9)10(19)15-12-17-16-11(20-12)8-2-1-5-13-8/h7-8,13H,1-6H2,(H,14,18)(H,15,17,19). The van der Waals surface area contributed by atoms with Gasteiger partial charge in [0, 0.05) is 13.0 Å². The molecule has 1 aromatic rings. The summed E-state index contributed by atoms with van der Waals surface area (Å²) in [4.78, 5) is 23.0. The Labute approximate surface area is 115 Å². The average molecular weight is 279 g/mol. The first-order valence-electron chi connectivity index (χ1n) is 6.87. The van der Waals surface area contributed by atoms with E-state index in [1.54, 1.807) is 0 Å². The molecule has 2 aliphatic rings. The molecule has 3 N–H and O–H groups in total. The van der Waals surface area contributed by atoms with E-state index in [2.05, 4.69) is 26.1 Å². The van der Waals surface area contributed by atoms with Crippen molar-refractivity contribution in [3.8, 4) is 0 Å². The van der Waals surface area contributed by atoms with Crippen LogP contribution in [0.3, 0.4) is 0 Å². The monoisotopic (exact) mass is 279 g/mol. The van der Waals surface area contributed by atoms with Gasteiger partial charge in [0.25, 0.3) is 0 Å². The molecule has 3 rings (SSSR count). The van der Waals surface area contributed by atoms with Crippen LogP contribution in [0.1, 0.15) is 37.6 Å². The molecule has 1 aromatic heterocycles. The van der Waals surface area contributed by atoms with Gasteiger partial charge < -0.3 is 15.1 Å². The minimum atomic E-state index is -0.243. The van der Waals surface area contributed by atoms with Gasteiger partial charge in [-0.3, -0.25) is 14.9 Å². The summed E-state index contributed by atoms with van der Waals surface area (Å²) in [6, 6.07) is 0.206. The number of amides is 2. The van der Waals surface area contributed by atoms with Gasteiger partial charge in [-0.1, -0.05) is 5.10 Å². The topological polar surface area (TPSA) is 109 Å². The minimum absolute atomic E-state index is 0.0126. The van der Waals surface area contributed by atoms with Crippen LogP contribution in [0.5, 0.6) is 0 Å². The fraction of sp³-hybridized carbons (Fsp3) is 0.667. The number of hydrogen-bond donors (Lipinski definition) is 3. The molecule has 8 nitrogen and oxygen atoms in total.